The van der Waals surface area contributed by atoms with Crippen LogP contribution in [0.4, 0.5) is 8.78 Å². The van der Waals surface area contributed by atoms with E-state index in [-0.39, 0.29) is 30.7 Å². The summed E-state index contributed by atoms with van der Waals surface area (Å²) in [6.07, 6.45) is 2.00. The van der Waals surface area contributed by atoms with Gasteiger partial charge in [-0.05, 0) is 37.3 Å². The van der Waals surface area contributed by atoms with Crippen LogP contribution in [0, 0.1) is 17.6 Å². The molecule has 138 valence electrons. The SMILES string of the molecule is O=C(CNC(=O)c1cc(F)cc(F)c1)NC(CCO)C1CCOCC1. The van der Waals surface area contributed by atoms with Crippen molar-refractivity contribution < 1.29 is 28.2 Å². The highest BCUT2D eigenvalue weighted by Gasteiger charge is 2.25. The van der Waals surface area contributed by atoms with Crippen LogP contribution in [0.5, 0.6) is 0 Å². The van der Waals surface area contributed by atoms with Gasteiger partial charge < -0.3 is 20.5 Å². The molecule has 25 heavy (non-hydrogen) atoms. The summed E-state index contributed by atoms with van der Waals surface area (Å²) in [5.74, 6) is -2.68. The van der Waals surface area contributed by atoms with Gasteiger partial charge in [0.05, 0.1) is 6.54 Å². The maximum atomic E-state index is 13.1. The average molecular weight is 356 g/mol. The number of nitrogens with one attached hydrogen (secondary N) is 2. The molecule has 2 rings (SSSR count). The summed E-state index contributed by atoms with van der Waals surface area (Å²) in [6, 6.07) is 2.25. The van der Waals surface area contributed by atoms with Crippen LogP contribution >= 0.6 is 0 Å². The van der Waals surface area contributed by atoms with Gasteiger partial charge in [0.2, 0.25) is 5.91 Å². The molecule has 1 unspecified atom stereocenters. The van der Waals surface area contributed by atoms with Crippen molar-refractivity contribution in [3.8, 4) is 0 Å². The molecule has 0 radical (unpaired) electrons. The third kappa shape index (κ3) is 6.06. The van der Waals surface area contributed by atoms with E-state index in [0.717, 1.165) is 25.0 Å². The van der Waals surface area contributed by atoms with Crippen LogP contribution in [0.15, 0.2) is 18.2 Å². The van der Waals surface area contributed by atoms with E-state index in [4.69, 9.17) is 4.74 Å². The fraction of sp³-hybridized carbons (Fsp3) is 0.529. The molecule has 3 N–H and O–H groups in total. The first-order valence-electron chi connectivity index (χ1n) is 8.22. The van der Waals surface area contributed by atoms with E-state index in [2.05, 4.69) is 10.6 Å². The zero-order valence-corrected chi connectivity index (χ0v) is 13.8. The van der Waals surface area contributed by atoms with Gasteiger partial charge in [-0.2, -0.15) is 0 Å². The minimum absolute atomic E-state index is 0.0583. The summed E-state index contributed by atoms with van der Waals surface area (Å²) in [7, 11) is 0. The first-order valence-corrected chi connectivity index (χ1v) is 8.22. The number of rotatable bonds is 7. The highest BCUT2D eigenvalue weighted by Crippen LogP contribution is 2.20. The van der Waals surface area contributed by atoms with Crippen LogP contribution in [-0.4, -0.2) is 49.3 Å². The van der Waals surface area contributed by atoms with Gasteiger partial charge >= 0.3 is 0 Å². The number of halogens is 2. The van der Waals surface area contributed by atoms with Gasteiger partial charge in [0.1, 0.15) is 11.6 Å². The van der Waals surface area contributed by atoms with Crippen LogP contribution in [0.1, 0.15) is 29.6 Å². The highest BCUT2D eigenvalue weighted by molar-refractivity contribution is 5.96. The second kappa shape index (κ2) is 9.43. The molecule has 2 amide bonds. The Morgan fingerprint density at radius 2 is 1.84 bits per heavy atom. The predicted octanol–water partition coefficient (Wildman–Crippen LogP) is 0.988. The number of aliphatic hydroxyl groups is 1. The minimum Gasteiger partial charge on any atom is -0.396 e. The monoisotopic (exact) mass is 356 g/mol. The number of carbonyl (C=O) groups is 2. The van der Waals surface area contributed by atoms with Crippen LogP contribution in [-0.2, 0) is 9.53 Å². The number of aliphatic hydroxyl groups excluding tert-OH is 1. The second-order valence-corrected chi connectivity index (χ2v) is 5.98. The zero-order chi connectivity index (χ0) is 18.2. The van der Waals surface area contributed by atoms with Gasteiger partial charge in [0, 0.05) is 37.5 Å². The zero-order valence-electron chi connectivity index (χ0n) is 13.8. The van der Waals surface area contributed by atoms with Crippen LogP contribution in [0.3, 0.4) is 0 Å². The fourth-order valence-electron chi connectivity index (χ4n) is 2.89. The summed E-state index contributed by atoms with van der Waals surface area (Å²) in [5.41, 5.74) is -0.193. The maximum absolute atomic E-state index is 13.1. The van der Waals surface area contributed by atoms with E-state index in [0.29, 0.717) is 25.7 Å². The van der Waals surface area contributed by atoms with Gasteiger partial charge in [-0.3, -0.25) is 9.59 Å². The van der Waals surface area contributed by atoms with E-state index in [9.17, 15) is 23.5 Å². The number of benzene rings is 1. The molecule has 0 spiro atoms. The number of hydrogen-bond acceptors (Lipinski definition) is 4. The highest BCUT2D eigenvalue weighted by atomic mass is 19.1. The summed E-state index contributed by atoms with van der Waals surface area (Å²) >= 11 is 0. The molecule has 6 nitrogen and oxygen atoms in total. The summed E-state index contributed by atoms with van der Waals surface area (Å²) in [4.78, 5) is 23.9. The number of carbonyl (C=O) groups excluding carboxylic acids is 2. The van der Waals surface area contributed by atoms with E-state index < -0.39 is 23.4 Å². The molecule has 1 saturated heterocycles. The Kier molecular flexibility index (Phi) is 7.27. The van der Waals surface area contributed by atoms with Crippen molar-refractivity contribution in [2.45, 2.75) is 25.3 Å². The van der Waals surface area contributed by atoms with Gasteiger partial charge in [0.15, 0.2) is 0 Å². The molecular weight excluding hydrogens is 334 g/mol. The van der Waals surface area contributed by atoms with Crippen molar-refractivity contribution in [2.24, 2.45) is 5.92 Å². The Labute approximate surface area is 144 Å². The normalized spacial score (nSPS) is 16.3. The molecule has 1 aliphatic rings. The van der Waals surface area contributed by atoms with E-state index >= 15 is 0 Å². The van der Waals surface area contributed by atoms with Crippen molar-refractivity contribution in [1.29, 1.82) is 0 Å². The molecular formula is C17H22F2N2O4. The van der Waals surface area contributed by atoms with Crippen molar-refractivity contribution in [3.63, 3.8) is 0 Å². The number of amides is 2. The topological polar surface area (TPSA) is 87.7 Å². The van der Waals surface area contributed by atoms with Gasteiger partial charge in [0.25, 0.3) is 5.91 Å². The van der Waals surface area contributed by atoms with Crippen molar-refractivity contribution in [2.75, 3.05) is 26.4 Å². The summed E-state index contributed by atoms with van der Waals surface area (Å²) in [5, 5.41) is 14.3. The van der Waals surface area contributed by atoms with Gasteiger partial charge in [-0.1, -0.05) is 0 Å². The molecule has 0 aromatic heterocycles. The maximum Gasteiger partial charge on any atom is 0.251 e. The first kappa shape index (κ1) is 19.3. The first-order chi connectivity index (χ1) is 12.0. The molecule has 1 aromatic carbocycles. The molecule has 0 saturated carbocycles. The third-order valence-corrected chi connectivity index (χ3v) is 4.16. The van der Waals surface area contributed by atoms with Gasteiger partial charge in [-0.25, -0.2) is 8.78 Å². The lowest BCUT2D eigenvalue weighted by Crippen LogP contribution is -2.46. The molecule has 1 aliphatic heterocycles. The van der Waals surface area contributed by atoms with Crippen molar-refractivity contribution in [1.82, 2.24) is 10.6 Å². The van der Waals surface area contributed by atoms with Gasteiger partial charge in [-0.15, -0.1) is 0 Å². The Morgan fingerprint density at radius 1 is 1.20 bits per heavy atom. The minimum atomic E-state index is -0.864. The molecule has 1 heterocycles. The molecule has 1 atom stereocenters. The van der Waals surface area contributed by atoms with E-state index in [1.807, 2.05) is 0 Å². The third-order valence-electron chi connectivity index (χ3n) is 4.16. The average Bonchev–Trinajstić information content (AvgIpc) is 2.59. The quantitative estimate of drug-likeness (QED) is 0.680. The van der Waals surface area contributed by atoms with Crippen molar-refractivity contribution >= 4 is 11.8 Å². The number of ether oxygens (including phenoxy) is 1. The molecule has 0 aliphatic carbocycles. The lowest BCUT2D eigenvalue weighted by atomic mass is 9.90. The van der Waals surface area contributed by atoms with Crippen LogP contribution in [0.2, 0.25) is 0 Å². The van der Waals surface area contributed by atoms with Crippen LogP contribution in [0.25, 0.3) is 0 Å². The van der Waals surface area contributed by atoms with E-state index in [1.165, 1.54) is 0 Å². The number of hydrogen-bond donors (Lipinski definition) is 3. The largest absolute Gasteiger partial charge is 0.396 e. The molecule has 8 heteroatoms. The van der Waals surface area contributed by atoms with Crippen LogP contribution < -0.4 is 10.6 Å². The molecule has 1 aromatic rings. The fourth-order valence-corrected chi connectivity index (χ4v) is 2.89. The second-order valence-electron chi connectivity index (χ2n) is 5.98. The Balaban J connectivity index is 1.86. The predicted molar refractivity (Wildman–Crippen MR) is 85.9 cm³/mol. The lowest BCUT2D eigenvalue weighted by molar-refractivity contribution is -0.121. The Hall–Kier alpha value is -2.06. The molecule has 1 fully saturated rings. The van der Waals surface area contributed by atoms with Crippen molar-refractivity contribution in [3.05, 3.63) is 35.4 Å². The Bertz CT molecular complexity index is 586. The molecule has 0 bridgehead atoms. The lowest BCUT2D eigenvalue weighted by Gasteiger charge is -2.30. The standard InChI is InChI=1S/C17H22F2N2O4/c18-13-7-12(8-14(19)9-13)17(24)20-10-16(23)21-15(1-4-22)11-2-5-25-6-3-11/h7-9,11,15,22H,1-6,10H2,(H,20,24)(H,21,23). The summed E-state index contributed by atoms with van der Waals surface area (Å²) < 4.78 is 31.5. The summed E-state index contributed by atoms with van der Waals surface area (Å²) in [6.45, 7) is 0.855. The Morgan fingerprint density at radius 3 is 2.44 bits per heavy atom. The smallest absolute Gasteiger partial charge is 0.251 e. The van der Waals surface area contributed by atoms with E-state index in [1.54, 1.807) is 0 Å².